The molecule has 0 bridgehead atoms. The Balaban J connectivity index is 1.91. The summed E-state index contributed by atoms with van der Waals surface area (Å²) in [5, 5.41) is 14.0. The molecule has 0 aliphatic heterocycles. The zero-order valence-corrected chi connectivity index (χ0v) is 11.9. The van der Waals surface area contributed by atoms with E-state index in [1.54, 1.807) is 36.4 Å². The number of benzene rings is 2. The number of hydrogen-bond acceptors (Lipinski definition) is 2. The Morgan fingerprint density at radius 2 is 1.60 bits per heavy atom. The number of nitrogens with one attached hydrogen (secondary N) is 1. The van der Waals surface area contributed by atoms with Crippen molar-refractivity contribution in [2.24, 2.45) is 0 Å². The van der Waals surface area contributed by atoms with E-state index in [2.05, 4.69) is 5.32 Å². The molecule has 0 aliphatic rings. The van der Waals surface area contributed by atoms with Crippen LogP contribution >= 0.6 is 11.6 Å². The minimum absolute atomic E-state index is 0.0394. The maximum Gasteiger partial charge on any atom is 0.123 e. The van der Waals surface area contributed by atoms with Crippen molar-refractivity contribution in [3.05, 3.63) is 70.5 Å². The summed E-state index contributed by atoms with van der Waals surface area (Å²) in [6.45, 7) is 2.39. The molecule has 0 saturated carbocycles. The zero-order chi connectivity index (χ0) is 14.5. The number of hydrogen-bond donors (Lipinski definition) is 2. The van der Waals surface area contributed by atoms with Crippen LogP contribution in [0.5, 0.6) is 0 Å². The fourth-order valence-electron chi connectivity index (χ4n) is 1.96. The lowest BCUT2D eigenvalue weighted by Crippen LogP contribution is -2.24. The quantitative estimate of drug-likeness (QED) is 0.877. The van der Waals surface area contributed by atoms with Crippen LogP contribution in [0.3, 0.4) is 0 Å². The van der Waals surface area contributed by atoms with Crippen LogP contribution in [0.4, 0.5) is 4.39 Å². The van der Waals surface area contributed by atoms with Crippen molar-refractivity contribution in [2.75, 3.05) is 6.54 Å². The summed E-state index contributed by atoms with van der Waals surface area (Å²) in [5.74, 6) is -0.248. The lowest BCUT2D eigenvalue weighted by molar-refractivity contribution is 0.171. The predicted molar refractivity (Wildman–Crippen MR) is 79.2 cm³/mol. The minimum atomic E-state index is -0.602. The lowest BCUT2D eigenvalue weighted by Gasteiger charge is -2.18. The Hall–Kier alpha value is -1.42. The first-order valence-corrected chi connectivity index (χ1v) is 6.86. The van der Waals surface area contributed by atoms with Gasteiger partial charge < -0.3 is 10.4 Å². The van der Waals surface area contributed by atoms with Gasteiger partial charge in [0.05, 0.1) is 6.10 Å². The van der Waals surface area contributed by atoms with Crippen molar-refractivity contribution in [1.82, 2.24) is 5.32 Å². The molecule has 0 aliphatic carbocycles. The van der Waals surface area contributed by atoms with Crippen molar-refractivity contribution in [3.63, 3.8) is 0 Å². The molecule has 2 aromatic carbocycles. The van der Waals surface area contributed by atoms with Gasteiger partial charge in [0, 0.05) is 17.6 Å². The van der Waals surface area contributed by atoms with Gasteiger partial charge in [0.1, 0.15) is 5.82 Å². The van der Waals surface area contributed by atoms with E-state index in [1.807, 2.05) is 6.92 Å². The van der Waals surface area contributed by atoms with E-state index >= 15 is 0 Å². The Bertz CT molecular complexity index is 490. The van der Waals surface area contributed by atoms with E-state index in [-0.39, 0.29) is 11.9 Å². The van der Waals surface area contributed by atoms with Gasteiger partial charge in [-0.05, 0) is 42.3 Å². The summed E-state index contributed by atoms with van der Waals surface area (Å²) < 4.78 is 12.8. The fraction of sp³-hybridized carbons (Fsp3) is 0.250. The van der Waals surface area contributed by atoms with Gasteiger partial charge in [0.2, 0.25) is 0 Å². The van der Waals surface area contributed by atoms with Gasteiger partial charge in [-0.3, -0.25) is 0 Å². The van der Waals surface area contributed by atoms with Crippen molar-refractivity contribution < 1.29 is 9.50 Å². The predicted octanol–water partition coefficient (Wildman–Crippen LogP) is 3.86. The van der Waals surface area contributed by atoms with Crippen molar-refractivity contribution in [2.45, 2.75) is 19.1 Å². The highest BCUT2D eigenvalue weighted by Gasteiger charge is 2.10. The molecule has 2 N–H and O–H groups in total. The second-order valence-corrected chi connectivity index (χ2v) is 5.19. The summed E-state index contributed by atoms with van der Waals surface area (Å²) in [6, 6.07) is 13.5. The van der Waals surface area contributed by atoms with E-state index in [1.165, 1.54) is 12.1 Å². The van der Waals surface area contributed by atoms with Crippen LogP contribution in [0.1, 0.15) is 30.2 Å². The van der Waals surface area contributed by atoms with Crippen LogP contribution in [0, 0.1) is 5.82 Å². The third-order valence-electron chi connectivity index (χ3n) is 3.24. The van der Waals surface area contributed by atoms with Crippen molar-refractivity contribution >= 4 is 11.6 Å². The largest absolute Gasteiger partial charge is 0.387 e. The average Bonchev–Trinajstić information content (AvgIpc) is 2.46. The smallest absolute Gasteiger partial charge is 0.123 e. The summed E-state index contributed by atoms with van der Waals surface area (Å²) in [6.07, 6.45) is -0.602. The number of aliphatic hydroxyl groups is 1. The van der Waals surface area contributed by atoms with Gasteiger partial charge >= 0.3 is 0 Å². The van der Waals surface area contributed by atoms with Gasteiger partial charge in [-0.15, -0.1) is 0 Å². The number of halogens is 2. The third-order valence-corrected chi connectivity index (χ3v) is 3.49. The maximum absolute atomic E-state index is 12.8. The molecule has 2 aromatic rings. The van der Waals surface area contributed by atoms with E-state index < -0.39 is 6.10 Å². The van der Waals surface area contributed by atoms with Crippen LogP contribution < -0.4 is 5.32 Å². The van der Waals surface area contributed by atoms with E-state index in [0.29, 0.717) is 11.6 Å². The summed E-state index contributed by atoms with van der Waals surface area (Å²) >= 11 is 5.81. The fourth-order valence-corrected chi connectivity index (χ4v) is 2.09. The van der Waals surface area contributed by atoms with Gasteiger partial charge in [0.25, 0.3) is 0 Å². The summed E-state index contributed by atoms with van der Waals surface area (Å²) in [5.41, 5.74) is 1.79. The van der Waals surface area contributed by atoms with Crippen LogP contribution in [0.2, 0.25) is 5.02 Å². The zero-order valence-electron chi connectivity index (χ0n) is 11.2. The second-order valence-electron chi connectivity index (χ2n) is 4.75. The monoisotopic (exact) mass is 293 g/mol. The molecule has 2 nitrogen and oxygen atoms in total. The molecule has 106 valence electrons. The Morgan fingerprint density at radius 1 is 1.05 bits per heavy atom. The molecule has 0 spiro atoms. The van der Waals surface area contributed by atoms with Crippen LogP contribution in [0.15, 0.2) is 48.5 Å². The SMILES string of the molecule is C[C@H](NCC(O)c1ccc(Cl)cc1)c1ccc(F)cc1. The number of aliphatic hydroxyl groups excluding tert-OH is 1. The van der Waals surface area contributed by atoms with Gasteiger partial charge in [-0.2, -0.15) is 0 Å². The Kier molecular flexibility index (Phi) is 5.12. The van der Waals surface area contributed by atoms with Crippen LogP contribution in [-0.4, -0.2) is 11.7 Å². The van der Waals surface area contributed by atoms with Crippen LogP contribution in [0.25, 0.3) is 0 Å². The molecular formula is C16H17ClFNO. The number of rotatable bonds is 5. The van der Waals surface area contributed by atoms with Crippen molar-refractivity contribution in [3.8, 4) is 0 Å². The van der Waals surface area contributed by atoms with E-state index in [9.17, 15) is 9.50 Å². The highest BCUT2D eigenvalue weighted by molar-refractivity contribution is 6.30. The first-order chi connectivity index (χ1) is 9.56. The Labute approximate surface area is 123 Å². The molecule has 4 heteroatoms. The molecule has 0 radical (unpaired) electrons. The lowest BCUT2D eigenvalue weighted by atomic mass is 10.1. The molecule has 2 rings (SSSR count). The van der Waals surface area contributed by atoms with Gasteiger partial charge in [0.15, 0.2) is 0 Å². The summed E-state index contributed by atoms with van der Waals surface area (Å²) in [4.78, 5) is 0. The standard InChI is InChI=1S/C16H17ClFNO/c1-11(12-4-8-15(18)9-5-12)19-10-16(20)13-2-6-14(17)7-3-13/h2-9,11,16,19-20H,10H2,1H3/t11-,16?/m0/s1. The molecular weight excluding hydrogens is 277 g/mol. The molecule has 0 heterocycles. The minimum Gasteiger partial charge on any atom is -0.387 e. The highest BCUT2D eigenvalue weighted by atomic mass is 35.5. The molecule has 0 saturated heterocycles. The topological polar surface area (TPSA) is 32.3 Å². The van der Waals surface area contributed by atoms with E-state index in [0.717, 1.165) is 11.1 Å². The molecule has 0 amide bonds. The first kappa shape index (κ1) is 15.0. The van der Waals surface area contributed by atoms with Gasteiger partial charge in [-0.1, -0.05) is 35.9 Å². The molecule has 1 unspecified atom stereocenters. The second kappa shape index (κ2) is 6.84. The van der Waals surface area contributed by atoms with Crippen molar-refractivity contribution in [1.29, 1.82) is 0 Å². The van der Waals surface area contributed by atoms with Crippen LogP contribution in [-0.2, 0) is 0 Å². The maximum atomic E-state index is 12.8. The Morgan fingerprint density at radius 3 is 2.20 bits per heavy atom. The first-order valence-electron chi connectivity index (χ1n) is 6.48. The molecule has 0 fully saturated rings. The highest BCUT2D eigenvalue weighted by Crippen LogP contribution is 2.18. The average molecular weight is 294 g/mol. The molecule has 0 aromatic heterocycles. The van der Waals surface area contributed by atoms with E-state index in [4.69, 9.17) is 11.6 Å². The normalized spacial score (nSPS) is 14.0. The van der Waals surface area contributed by atoms with Gasteiger partial charge in [-0.25, -0.2) is 4.39 Å². The molecule has 2 atom stereocenters. The molecule has 20 heavy (non-hydrogen) atoms. The third kappa shape index (κ3) is 4.04. The summed E-state index contributed by atoms with van der Waals surface area (Å²) in [7, 11) is 0.